The zero-order chi connectivity index (χ0) is 10.9. The first-order valence-corrected chi connectivity index (χ1v) is 5.55. The number of nitrogens with two attached hydrogens (primary N) is 1. The molecule has 0 spiro atoms. The van der Waals surface area contributed by atoms with E-state index >= 15 is 0 Å². The topological polar surface area (TPSA) is 42.2 Å². The van der Waals surface area contributed by atoms with Crippen LogP contribution in [0.25, 0.3) is 0 Å². The number of aryl methyl sites for hydroxylation is 1. The van der Waals surface area contributed by atoms with Gasteiger partial charge in [-0.1, -0.05) is 13.8 Å². The lowest BCUT2D eigenvalue weighted by molar-refractivity contribution is 0.522. The summed E-state index contributed by atoms with van der Waals surface area (Å²) in [5.41, 5.74) is 6.86. The highest BCUT2D eigenvalue weighted by Crippen LogP contribution is 2.31. The van der Waals surface area contributed by atoms with Gasteiger partial charge in [0.25, 0.3) is 0 Å². The predicted molar refractivity (Wildman–Crippen MR) is 63.3 cm³/mol. The van der Waals surface area contributed by atoms with Crippen LogP contribution in [0.4, 0.5) is 5.13 Å². The second-order valence-corrected chi connectivity index (χ2v) is 5.57. The second kappa shape index (κ2) is 3.87. The molecular weight excluding hydrogens is 194 g/mol. The fourth-order valence-corrected chi connectivity index (χ4v) is 2.31. The van der Waals surface area contributed by atoms with E-state index in [4.69, 9.17) is 5.73 Å². The highest BCUT2D eigenvalue weighted by atomic mass is 32.1. The average Bonchev–Trinajstić information content (AvgIpc) is 2.48. The highest BCUT2D eigenvalue weighted by molar-refractivity contribution is 7.15. The molecule has 3 nitrogen and oxygen atoms in total. The first-order chi connectivity index (χ1) is 6.38. The molecule has 0 radical (unpaired) electrons. The van der Waals surface area contributed by atoms with Crippen molar-refractivity contribution in [1.29, 1.82) is 0 Å². The van der Waals surface area contributed by atoms with E-state index in [0.717, 1.165) is 10.8 Å². The molecule has 80 valence electrons. The fourth-order valence-electron chi connectivity index (χ4n) is 1.30. The summed E-state index contributed by atoms with van der Waals surface area (Å²) < 4.78 is 0. The van der Waals surface area contributed by atoms with Crippen LogP contribution in [0.5, 0.6) is 0 Å². The molecule has 1 rings (SSSR count). The van der Waals surface area contributed by atoms with E-state index < -0.39 is 0 Å². The lowest BCUT2D eigenvalue weighted by Crippen LogP contribution is -2.29. The van der Waals surface area contributed by atoms with E-state index in [9.17, 15) is 0 Å². The number of aromatic nitrogens is 1. The van der Waals surface area contributed by atoms with Gasteiger partial charge in [0.15, 0.2) is 5.13 Å². The minimum atomic E-state index is -0.0190. The molecule has 0 atom stereocenters. The Hall–Kier alpha value is -0.610. The highest BCUT2D eigenvalue weighted by Gasteiger charge is 2.25. The van der Waals surface area contributed by atoms with Gasteiger partial charge in [-0.05, 0) is 6.92 Å². The summed E-state index contributed by atoms with van der Waals surface area (Å²) in [7, 11) is 4.02. The van der Waals surface area contributed by atoms with Crippen LogP contribution in [0.15, 0.2) is 0 Å². The maximum Gasteiger partial charge on any atom is 0.185 e. The molecule has 1 heterocycles. The van der Waals surface area contributed by atoms with E-state index in [2.05, 4.69) is 25.8 Å². The predicted octanol–water partition coefficient (Wildman–Crippen LogP) is 1.75. The second-order valence-electron chi connectivity index (χ2n) is 4.38. The van der Waals surface area contributed by atoms with Crippen molar-refractivity contribution in [2.45, 2.75) is 26.2 Å². The number of anilines is 1. The molecule has 2 N–H and O–H groups in total. The molecule has 0 saturated carbocycles. The van der Waals surface area contributed by atoms with Crippen molar-refractivity contribution in [3.05, 3.63) is 10.6 Å². The minimum absolute atomic E-state index is 0.0190. The Labute approximate surface area is 89.9 Å². The minimum Gasteiger partial charge on any atom is -0.354 e. The number of thiazole rings is 1. The third-order valence-corrected chi connectivity index (χ3v) is 3.46. The van der Waals surface area contributed by atoms with Gasteiger partial charge in [0.1, 0.15) is 0 Å². The number of hydrogen-bond donors (Lipinski definition) is 1. The molecule has 0 amide bonds. The molecule has 1 aromatic heterocycles. The summed E-state index contributed by atoms with van der Waals surface area (Å²) >= 11 is 1.72. The number of rotatable bonds is 3. The molecule has 14 heavy (non-hydrogen) atoms. The Bertz CT molecular complexity index is 315. The summed E-state index contributed by atoms with van der Waals surface area (Å²) in [6, 6.07) is 0. The first kappa shape index (κ1) is 11.5. The van der Waals surface area contributed by atoms with Gasteiger partial charge in [-0.25, -0.2) is 4.98 Å². The van der Waals surface area contributed by atoms with E-state index in [1.165, 1.54) is 4.88 Å². The Balaban J connectivity index is 3.10. The van der Waals surface area contributed by atoms with E-state index in [1.54, 1.807) is 11.3 Å². The largest absolute Gasteiger partial charge is 0.354 e. The lowest BCUT2D eigenvalue weighted by atomic mass is 9.89. The quantitative estimate of drug-likeness (QED) is 0.832. The van der Waals surface area contributed by atoms with Crippen LogP contribution in [-0.2, 0) is 5.41 Å². The standard InChI is InChI=1S/C10H19N3S/c1-7-8(10(2,3)6-11)12-9(14-7)13(4)5/h6,11H2,1-5H3. The summed E-state index contributed by atoms with van der Waals surface area (Å²) in [4.78, 5) is 7.92. The van der Waals surface area contributed by atoms with Crippen molar-refractivity contribution in [2.75, 3.05) is 25.5 Å². The zero-order valence-corrected chi connectivity index (χ0v) is 10.4. The Morgan fingerprint density at radius 2 is 2.00 bits per heavy atom. The van der Waals surface area contributed by atoms with Gasteiger partial charge in [0.05, 0.1) is 5.69 Å². The average molecular weight is 213 g/mol. The van der Waals surface area contributed by atoms with Crippen LogP contribution >= 0.6 is 11.3 Å². The van der Waals surface area contributed by atoms with Crippen LogP contribution in [0.2, 0.25) is 0 Å². The van der Waals surface area contributed by atoms with Crippen molar-refractivity contribution < 1.29 is 0 Å². The maximum absolute atomic E-state index is 5.74. The van der Waals surface area contributed by atoms with Crippen molar-refractivity contribution in [3.8, 4) is 0 Å². The summed E-state index contributed by atoms with van der Waals surface area (Å²) in [5.74, 6) is 0. The van der Waals surface area contributed by atoms with Crippen molar-refractivity contribution in [1.82, 2.24) is 4.98 Å². The van der Waals surface area contributed by atoms with Crippen LogP contribution in [-0.4, -0.2) is 25.6 Å². The molecule has 0 bridgehead atoms. The van der Waals surface area contributed by atoms with Crippen LogP contribution in [0.1, 0.15) is 24.4 Å². The van der Waals surface area contributed by atoms with Gasteiger partial charge in [-0.15, -0.1) is 11.3 Å². The van der Waals surface area contributed by atoms with Gasteiger partial charge < -0.3 is 10.6 Å². The van der Waals surface area contributed by atoms with Gasteiger partial charge in [-0.3, -0.25) is 0 Å². The summed E-state index contributed by atoms with van der Waals surface area (Å²) in [5, 5.41) is 1.05. The normalized spacial score (nSPS) is 11.9. The molecule has 0 aliphatic carbocycles. The molecular formula is C10H19N3S. The van der Waals surface area contributed by atoms with Crippen molar-refractivity contribution in [2.24, 2.45) is 5.73 Å². The van der Waals surface area contributed by atoms with Gasteiger partial charge in [0.2, 0.25) is 0 Å². The molecule has 1 aromatic rings. The van der Waals surface area contributed by atoms with Crippen molar-refractivity contribution in [3.63, 3.8) is 0 Å². The Kier molecular flexibility index (Phi) is 3.17. The smallest absolute Gasteiger partial charge is 0.185 e. The van der Waals surface area contributed by atoms with Gasteiger partial charge >= 0.3 is 0 Å². The molecule has 0 saturated heterocycles. The van der Waals surface area contributed by atoms with Crippen LogP contribution in [0.3, 0.4) is 0 Å². The Morgan fingerprint density at radius 1 is 1.43 bits per heavy atom. The Morgan fingerprint density at radius 3 is 2.36 bits per heavy atom. The zero-order valence-electron chi connectivity index (χ0n) is 9.59. The monoisotopic (exact) mass is 213 g/mol. The molecule has 0 fully saturated rings. The lowest BCUT2D eigenvalue weighted by Gasteiger charge is -2.20. The maximum atomic E-state index is 5.74. The summed E-state index contributed by atoms with van der Waals surface area (Å²) in [6.45, 7) is 7.00. The number of nitrogens with zero attached hydrogens (tertiary/aromatic N) is 2. The van der Waals surface area contributed by atoms with E-state index in [0.29, 0.717) is 6.54 Å². The number of hydrogen-bond acceptors (Lipinski definition) is 4. The van der Waals surface area contributed by atoms with Crippen molar-refractivity contribution >= 4 is 16.5 Å². The molecule has 0 unspecified atom stereocenters. The third kappa shape index (κ3) is 2.07. The first-order valence-electron chi connectivity index (χ1n) is 4.74. The SMILES string of the molecule is Cc1sc(N(C)C)nc1C(C)(C)CN. The van der Waals surface area contributed by atoms with Crippen LogP contribution in [0, 0.1) is 6.92 Å². The van der Waals surface area contributed by atoms with E-state index in [-0.39, 0.29) is 5.41 Å². The molecule has 4 heteroatoms. The summed E-state index contributed by atoms with van der Waals surface area (Å²) in [6.07, 6.45) is 0. The third-order valence-electron chi connectivity index (χ3n) is 2.32. The van der Waals surface area contributed by atoms with Crippen LogP contribution < -0.4 is 10.6 Å². The fraction of sp³-hybridized carbons (Fsp3) is 0.700. The van der Waals surface area contributed by atoms with Gasteiger partial charge in [-0.2, -0.15) is 0 Å². The van der Waals surface area contributed by atoms with E-state index in [1.807, 2.05) is 19.0 Å². The molecule has 0 aliphatic rings. The molecule has 0 aliphatic heterocycles. The molecule has 0 aromatic carbocycles. The van der Waals surface area contributed by atoms with Gasteiger partial charge in [0, 0.05) is 30.9 Å².